The molecule has 1 fully saturated rings. The van der Waals surface area contributed by atoms with Gasteiger partial charge in [0.05, 0.1) is 23.9 Å². The summed E-state index contributed by atoms with van der Waals surface area (Å²) in [5.41, 5.74) is 5.20. The van der Waals surface area contributed by atoms with Gasteiger partial charge in [-0.2, -0.15) is 0 Å². The van der Waals surface area contributed by atoms with Gasteiger partial charge in [0.25, 0.3) is 5.91 Å². The molecule has 3 aromatic rings. The fourth-order valence-corrected chi connectivity index (χ4v) is 6.46. The van der Waals surface area contributed by atoms with E-state index in [9.17, 15) is 9.59 Å². The maximum atomic E-state index is 13.9. The summed E-state index contributed by atoms with van der Waals surface area (Å²) in [5.74, 6) is 0.522. The Labute approximate surface area is 243 Å². The number of aromatic nitrogens is 1. The highest BCUT2D eigenvalue weighted by Gasteiger charge is 2.36. The minimum atomic E-state index is -0.455. The molecule has 41 heavy (non-hydrogen) atoms. The standard InChI is InChI=1S/C35H42N2O4/c1-22-10-9-11-23(2)37(22)31(38)21-41-34(39)32-28-12-7-8-13-30(28)36-33-25(18-24-14-16-27(40-6)17-15-24)19-26(20-29(32)33)35(3,4)5/h7-8,12-18,22-23,26H,9-11,19-21H2,1-6H3/b25-18-/t22-,23+,26-/m0/s1. The van der Waals surface area contributed by atoms with Crippen LogP contribution in [0.5, 0.6) is 5.75 Å². The predicted octanol–water partition coefficient (Wildman–Crippen LogP) is 7.34. The van der Waals surface area contributed by atoms with Gasteiger partial charge in [0.1, 0.15) is 5.75 Å². The van der Waals surface area contributed by atoms with Crippen LogP contribution in [0, 0.1) is 11.3 Å². The fourth-order valence-electron chi connectivity index (χ4n) is 6.46. The van der Waals surface area contributed by atoms with Crippen LogP contribution < -0.4 is 4.74 Å². The number of nitrogens with zero attached hydrogens (tertiary/aromatic N) is 2. The Kier molecular flexibility index (Phi) is 8.21. The first-order chi connectivity index (χ1) is 19.6. The maximum Gasteiger partial charge on any atom is 0.339 e. The van der Waals surface area contributed by atoms with Crippen LogP contribution >= 0.6 is 0 Å². The van der Waals surface area contributed by atoms with Gasteiger partial charge >= 0.3 is 5.97 Å². The summed E-state index contributed by atoms with van der Waals surface area (Å²) in [6.45, 7) is 10.6. The molecule has 1 amide bonds. The van der Waals surface area contributed by atoms with E-state index < -0.39 is 5.97 Å². The Morgan fingerprint density at radius 1 is 1.00 bits per heavy atom. The number of para-hydroxylation sites is 1. The smallest absolute Gasteiger partial charge is 0.339 e. The number of hydrogen-bond acceptors (Lipinski definition) is 5. The lowest BCUT2D eigenvalue weighted by molar-refractivity contribution is -0.140. The first-order valence-electron chi connectivity index (χ1n) is 14.8. The number of esters is 1. The molecule has 0 unspecified atom stereocenters. The molecule has 0 N–H and O–H groups in total. The lowest BCUT2D eigenvalue weighted by atomic mass is 9.69. The zero-order valence-corrected chi connectivity index (χ0v) is 25.2. The molecular weight excluding hydrogens is 512 g/mol. The number of likely N-dealkylation sites (tertiary alicyclic amines) is 1. The van der Waals surface area contributed by atoms with Crippen LogP contribution in [0.2, 0.25) is 0 Å². The third-order valence-electron chi connectivity index (χ3n) is 8.91. The Balaban J connectivity index is 1.56. The molecular formula is C35H42N2O4. The lowest BCUT2D eigenvalue weighted by Gasteiger charge is -2.39. The molecule has 3 atom stereocenters. The molecule has 1 aliphatic heterocycles. The number of methoxy groups -OCH3 is 1. The van der Waals surface area contributed by atoms with E-state index in [4.69, 9.17) is 14.5 Å². The Morgan fingerprint density at radius 3 is 2.34 bits per heavy atom. The van der Waals surface area contributed by atoms with Crippen molar-refractivity contribution in [1.29, 1.82) is 0 Å². The molecule has 0 radical (unpaired) electrons. The highest BCUT2D eigenvalue weighted by Crippen LogP contribution is 2.45. The number of allylic oxidation sites excluding steroid dienone is 1. The number of carbonyl (C=O) groups excluding carboxylic acids is 2. The van der Waals surface area contributed by atoms with E-state index in [-0.39, 0.29) is 30.0 Å². The quantitative estimate of drug-likeness (QED) is 0.309. The number of carbonyl (C=O) groups is 2. The van der Waals surface area contributed by atoms with Gasteiger partial charge in [-0.15, -0.1) is 0 Å². The van der Waals surface area contributed by atoms with E-state index in [0.29, 0.717) is 11.5 Å². The third-order valence-corrected chi connectivity index (χ3v) is 8.91. The second kappa shape index (κ2) is 11.7. The largest absolute Gasteiger partial charge is 0.497 e. The molecule has 2 aliphatic rings. The van der Waals surface area contributed by atoms with Crippen molar-refractivity contribution in [3.8, 4) is 5.75 Å². The van der Waals surface area contributed by atoms with Gasteiger partial charge in [0, 0.05) is 17.5 Å². The molecule has 6 nitrogen and oxygen atoms in total. The molecule has 1 aromatic heterocycles. The minimum Gasteiger partial charge on any atom is -0.497 e. The van der Waals surface area contributed by atoms with Crippen LogP contribution in [0.3, 0.4) is 0 Å². The molecule has 0 saturated carbocycles. The van der Waals surface area contributed by atoms with Crippen LogP contribution in [0.4, 0.5) is 0 Å². The van der Waals surface area contributed by atoms with Crippen molar-refractivity contribution in [2.75, 3.05) is 13.7 Å². The summed E-state index contributed by atoms with van der Waals surface area (Å²) < 4.78 is 11.2. The molecule has 216 valence electrons. The highest BCUT2D eigenvalue weighted by atomic mass is 16.5. The summed E-state index contributed by atoms with van der Waals surface area (Å²) in [5, 5.41) is 0.766. The maximum absolute atomic E-state index is 13.9. The van der Waals surface area contributed by atoms with Gasteiger partial charge in [0.2, 0.25) is 0 Å². The Hall–Kier alpha value is -3.67. The molecule has 5 rings (SSSR count). The molecule has 6 heteroatoms. The van der Waals surface area contributed by atoms with Crippen molar-refractivity contribution in [2.45, 2.75) is 78.8 Å². The Bertz CT molecular complexity index is 1460. The SMILES string of the molecule is COc1ccc(/C=C2/C[C@H](C(C)(C)C)Cc3c2nc2ccccc2c3C(=O)OCC(=O)N2[C@H](C)CCC[C@@H]2C)cc1. The van der Waals surface area contributed by atoms with Crippen LogP contribution in [0.25, 0.3) is 22.6 Å². The number of piperidine rings is 1. The number of ether oxygens (including phenoxy) is 2. The van der Waals surface area contributed by atoms with Crippen molar-refractivity contribution in [3.63, 3.8) is 0 Å². The topological polar surface area (TPSA) is 68.7 Å². The number of fused-ring (bicyclic) bond motifs is 2. The molecule has 1 saturated heterocycles. The van der Waals surface area contributed by atoms with Crippen LogP contribution in [0.15, 0.2) is 48.5 Å². The molecule has 0 bridgehead atoms. The number of amides is 1. The zero-order valence-electron chi connectivity index (χ0n) is 25.2. The van der Waals surface area contributed by atoms with Crippen LogP contribution in [-0.4, -0.2) is 47.6 Å². The molecule has 1 aliphatic carbocycles. The normalized spacial score (nSPS) is 22.0. The second-order valence-corrected chi connectivity index (χ2v) is 12.8. The van der Waals surface area contributed by atoms with Crippen LogP contribution in [0.1, 0.15) is 87.5 Å². The van der Waals surface area contributed by atoms with Gasteiger partial charge in [-0.1, -0.05) is 51.1 Å². The van der Waals surface area contributed by atoms with E-state index in [2.05, 4.69) is 40.7 Å². The van der Waals surface area contributed by atoms with Gasteiger partial charge in [0.15, 0.2) is 6.61 Å². The highest BCUT2D eigenvalue weighted by molar-refractivity contribution is 6.07. The van der Waals surface area contributed by atoms with E-state index in [1.165, 1.54) is 0 Å². The monoisotopic (exact) mass is 554 g/mol. The van der Waals surface area contributed by atoms with Crippen molar-refractivity contribution in [3.05, 3.63) is 70.9 Å². The first-order valence-corrected chi connectivity index (χ1v) is 14.8. The average Bonchev–Trinajstić information content (AvgIpc) is 2.94. The average molecular weight is 555 g/mol. The van der Waals surface area contributed by atoms with Crippen molar-refractivity contribution in [2.24, 2.45) is 11.3 Å². The molecule has 0 spiro atoms. The zero-order chi connectivity index (χ0) is 29.3. The van der Waals surface area contributed by atoms with E-state index in [1.807, 2.05) is 53.4 Å². The molecule has 2 aromatic carbocycles. The molecule has 2 heterocycles. The number of pyridine rings is 1. The van der Waals surface area contributed by atoms with Crippen molar-refractivity contribution >= 4 is 34.4 Å². The van der Waals surface area contributed by atoms with Crippen LogP contribution in [-0.2, 0) is 16.0 Å². The van der Waals surface area contributed by atoms with Gasteiger partial charge < -0.3 is 14.4 Å². The first kappa shape index (κ1) is 28.8. The van der Waals surface area contributed by atoms with E-state index in [0.717, 1.165) is 71.2 Å². The van der Waals surface area contributed by atoms with E-state index in [1.54, 1.807) is 7.11 Å². The Morgan fingerprint density at radius 2 is 1.68 bits per heavy atom. The van der Waals surface area contributed by atoms with E-state index >= 15 is 0 Å². The lowest BCUT2D eigenvalue weighted by Crippen LogP contribution is -2.49. The summed E-state index contributed by atoms with van der Waals surface area (Å²) in [6.07, 6.45) is 6.81. The van der Waals surface area contributed by atoms with Gasteiger partial charge in [-0.25, -0.2) is 9.78 Å². The third kappa shape index (κ3) is 6.02. The van der Waals surface area contributed by atoms with Gasteiger partial charge in [-0.3, -0.25) is 4.79 Å². The summed E-state index contributed by atoms with van der Waals surface area (Å²) in [4.78, 5) is 34.1. The summed E-state index contributed by atoms with van der Waals surface area (Å²) in [7, 11) is 1.66. The minimum absolute atomic E-state index is 0.0139. The second-order valence-electron chi connectivity index (χ2n) is 12.8. The number of rotatable bonds is 5. The number of benzene rings is 2. The van der Waals surface area contributed by atoms with Crippen molar-refractivity contribution < 1.29 is 19.1 Å². The van der Waals surface area contributed by atoms with Crippen molar-refractivity contribution in [1.82, 2.24) is 9.88 Å². The predicted molar refractivity (Wildman–Crippen MR) is 164 cm³/mol. The number of hydrogen-bond donors (Lipinski definition) is 0. The fraction of sp³-hybridized carbons (Fsp3) is 0.457. The summed E-state index contributed by atoms with van der Waals surface area (Å²) >= 11 is 0. The summed E-state index contributed by atoms with van der Waals surface area (Å²) in [6, 6.07) is 16.0. The van der Waals surface area contributed by atoms with Gasteiger partial charge in [-0.05, 0) is 98.3 Å².